The molecule has 122 valence electrons. The van der Waals surface area contributed by atoms with E-state index in [4.69, 9.17) is 10.5 Å². The van der Waals surface area contributed by atoms with Gasteiger partial charge in [0, 0.05) is 24.8 Å². The lowest BCUT2D eigenvalue weighted by Crippen LogP contribution is -2.36. The number of carbonyl (C=O) groups is 1. The number of morpholine rings is 1. The molecule has 24 heavy (non-hydrogen) atoms. The van der Waals surface area contributed by atoms with E-state index in [1.54, 1.807) is 18.5 Å². The highest BCUT2D eigenvalue weighted by molar-refractivity contribution is 6.01. The van der Waals surface area contributed by atoms with Crippen LogP contribution in [0.15, 0.2) is 30.7 Å². The van der Waals surface area contributed by atoms with Gasteiger partial charge in [-0.2, -0.15) is 0 Å². The number of nitrogens with two attached hydrogens (primary N) is 1. The summed E-state index contributed by atoms with van der Waals surface area (Å²) in [5.41, 5.74) is 7.79. The molecule has 0 aliphatic carbocycles. The van der Waals surface area contributed by atoms with Crippen LogP contribution < -0.4 is 10.6 Å². The number of ether oxygens (including phenoxy) is 1. The zero-order valence-corrected chi connectivity index (χ0v) is 12.9. The molecule has 3 N–H and O–H groups in total. The number of fused-ring (bicyclic) bond motifs is 1. The summed E-state index contributed by atoms with van der Waals surface area (Å²) in [6.45, 7) is 2.87. The Balaban J connectivity index is 1.87. The summed E-state index contributed by atoms with van der Waals surface area (Å²) in [6, 6.07) is 5.20. The molecular formula is C16H16N6O2. The summed E-state index contributed by atoms with van der Waals surface area (Å²) in [7, 11) is 0. The first-order valence-electron chi connectivity index (χ1n) is 7.66. The summed E-state index contributed by atoms with van der Waals surface area (Å²) < 4.78 is 5.42. The number of H-pyrrole nitrogens is 1. The number of amides is 1. The molecule has 8 heteroatoms. The summed E-state index contributed by atoms with van der Waals surface area (Å²) in [5, 5.41) is 0.883. The minimum absolute atomic E-state index is 0.228. The average Bonchev–Trinajstić information content (AvgIpc) is 3.07. The van der Waals surface area contributed by atoms with Crippen molar-refractivity contribution in [2.24, 2.45) is 5.73 Å². The minimum atomic E-state index is -0.554. The van der Waals surface area contributed by atoms with Gasteiger partial charge in [-0.3, -0.25) is 4.79 Å². The summed E-state index contributed by atoms with van der Waals surface area (Å²) in [5.74, 6) is 0.284. The lowest BCUT2D eigenvalue weighted by atomic mass is 10.1. The molecule has 3 aromatic rings. The van der Waals surface area contributed by atoms with Crippen molar-refractivity contribution < 1.29 is 9.53 Å². The second-order valence-corrected chi connectivity index (χ2v) is 5.49. The molecule has 0 radical (unpaired) electrons. The highest BCUT2D eigenvalue weighted by Crippen LogP contribution is 2.33. The number of hydrogen-bond acceptors (Lipinski definition) is 6. The fraction of sp³-hybridized carbons (Fsp3) is 0.250. The van der Waals surface area contributed by atoms with Crippen molar-refractivity contribution in [3.8, 4) is 11.3 Å². The number of aromatic nitrogens is 4. The molecule has 1 aliphatic rings. The Bertz CT molecular complexity index is 900. The first-order chi connectivity index (χ1) is 11.7. The Morgan fingerprint density at radius 2 is 2.08 bits per heavy atom. The van der Waals surface area contributed by atoms with E-state index >= 15 is 0 Å². The number of nitrogens with zero attached hydrogens (tertiary/aromatic N) is 4. The molecule has 1 aliphatic heterocycles. The first kappa shape index (κ1) is 14.6. The van der Waals surface area contributed by atoms with Gasteiger partial charge in [-0.25, -0.2) is 15.0 Å². The highest BCUT2D eigenvalue weighted by atomic mass is 16.5. The lowest BCUT2D eigenvalue weighted by Gasteiger charge is -2.28. The van der Waals surface area contributed by atoms with Crippen molar-refractivity contribution in [3.05, 3.63) is 36.4 Å². The van der Waals surface area contributed by atoms with Gasteiger partial charge in [0.25, 0.3) is 5.91 Å². The molecule has 4 rings (SSSR count). The summed E-state index contributed by atoms with van der Waals surface area (Å²) >= 11 is 0. The lowest BCUT2D eigenvalue weighted by molar-refractivity contribution is 0.0995. The van der Waals surface area contributed by atoms with Crippen LogP contribution in [-0.4, -0.2) is 52.1 Å². The monoisotopic (exact) mass is 324 g/mol. The van der Waals surface area contributed by atoms with Crippen LogP contribution in [0.1, 0.15) is 10.5 Å². The summed E-state index contributed by atoms with van der Waals surface area (Å²) in [6.07, 6.45) is 3.37. The maximum Gasteiger partial charge on any atom is 0.267 e. The molecular weight excluding hydrogens is 308 g/mol. The molecule has 4 heterocycles. The Morgan fingerprint density at radius 1 is 1.25 bits per heavy atom. The second-order valence-electron chi connectivity index (χ2n) is 5.49. The van der Waals surface area contributed by atoms with E-state index in [1.807, 2.05) is 12.3 Å². The van der Waals surface area contributed by atoms with Gasteiger partial charge in [0.05, 0.1) is 24.3 Å². The third-order valence-corrected chi connectivity index (χ3v) is 4.04. The molecule has 8 nitrogen and oxygen atoms in total. The van der Waals surface area contributed by atoms with Gasteiger partial charge in [-0.15, -0.1) is 0 Å². The van der Waals surface area contributed by atoms with Crippen LogP contribution in [0.4, 0.5) is 5.82 Å². The van der Waals surface area contributed by atoms with Gasteiger partial charge < -0.3 is 20.4 Å². The number of hydrogen-bond donors (Lipinski definition) is 2. The zero-order valence-electron chi connectivity index (χ0n) is 12.9. The highest BCUT2D eigenvalue weighted by Gasteiger charge is 2.20. The Hall–Kier alpha value is -3.00. The van der Waals surface area contributed by atoms with Crippen LogP contribution in [-0.2, 0) is 4.74 Å². The van der Waals surface area contributed by atoms with Gasteiger partial charge in [-0.05, 0) is 12.1 Å². The van der Waals surface area contributed by atoms with E-state index in [2.05, 4.69) is 24.8 Å². The number of rotatable bonds is 3. The van der Waals surface area contributed by atoms with Crippen molar-refractivity contribution in [2.45, 2.75) is 0 Å². The van der Waals surface area contributed by atoms with Crippen LogP contribution in [0.3, 0.4) is 0 Å². The van der Waals surface area contributed by atoms with Gasteiger partial charge in [0.15, 0.2) is 0 Å². The van der Waals surface area contributed by atoms with Gasteiger partial charge >= 0.3 is 0 Å². The van der Waals surface area contributed by atoms with Gasteiger partial charge in [0.2, 0.25) is 0 Å². The quantitative estimate of drug-likeness (QED) is 0.742. The SMILES string of the molecule is NC(=O)c1cccc(-c2c[nH]c3ncnc(N4CCOCC4)c23)n1. The average molecular weight is 324 g/mol. The molecule has 0 spiro atoms. The molecule has 0 bridgehead atoms. The van der Waals surface area contributed by atoms with Crippen LogP contribution >= 0.6 is 0 Å². The van der Waals surface area contributed by atoms with E-state index in [1.165, 1.54) is 0 Å². The summed E-state index contributed by atoms with van der Waals surface area (Å²) in [4.78, 5) is 29.8. The van der Waals surface area contributed by atoms with Crippen LogP contribution in [0, 0.1) is 0 Å². The van der Waals surface area contributed by atoms with Crippen molar-refractivity contribution >= 4 is 22.8 Å². The van der Waals surface area contributed by atoms with Crippen molar-refractivity contribution in [1.82, 2.24) is 19.9 Å². The number of carbonyl (C=O) groups excluding carboxylic acids is 1. The zero-order chi connectivity index (χ0) is 16.5. The standard InChI is InChI=1S/C16H16N6O2/c17-14(23)12-3-1-2-11(21-12)10-8-18-15-13(10)16(20-9-19-15)22-4-6-24-7-5-22/h1-3,8-9H,4-7H2,(H2,17,23)(H,18,19,20). The fourth-order valence-corrected chi connectivity index (χ4v) is 2.89. The smallest absolute Gasteiger partial charge is 0.267 e. The van der Waals surface area contributed by atoms with E-state index in [0.717, 1.165) is 35.5 Å². The molecule has 1 fully saturated rings. The molecule has 1 saturated heterocycles. The largest absolute Gasteiger partial charge is 0.378 e. The predicted octanol–water partition coefficient (Wildman–Crippen LogP) is 0.955. The Labute approximate surface area is 137 Å². The maximum absolute atomic E-state index is 11.4. The normalized spacial score (nSPS) is 14.9. The molecule has 0 aromatic carbocycles. The van der Waals surface area contributed by atoms with Gasteiger partial charge in [-0.1, -0.05) is 6.07 Å². The maximum atomic E-state index is 11.4. The third kappa shape index (κ3) is 2.46. The second kappa shape index (κ2) is 5.89. The molecule has 1 amide bonds. The van der Waals surface area contributed by atoms with E-state index in [9.17, 15) is 4.79 Å². The van der Waals surface area contributed by atoms with E-state index < -0.39 is 5.91 Å². The van der Waals surface area contributed by atoms with Crippen LogP contribution in [0.2, 0.25) is 0 Å². The number of pyridine rings is 1. The van der Waals surface area contributed by atoms with E-state index in [-0.39, 0.29) is 5.69 Å². The number of aromatic amines is 1. The Morgan fingerprint density at radius 3 is 2.88 bits per heavy atom. The fourth-order valence-electron chi connectivity index (χ4n) is 2.89. The van der Waals surface area contributed by atoms with Crippen LogP contribution in [0.25, 0.3) is 22.3 Å². The molecule has 0 saturated carbocycles. The van der Waals surface area contributed by atoms with Gasteiger partial charge in [0.1, 0.15) is 23.5 Å². The Kier molecular flexibility index (Phi) is 3.58. The third-order valence-electron chi connectivity index (χ3n) is 4.04. The minimum Gasteiger partial charge on any atom is -0.378 e. The predicted molar refractivity (Wildman–Crippen MR) is 88.7 cm³/mol. The van der Waals surface area contributed by atoms with Crippen molar-refractivity contribution in [3.63, 3.8) is 0 Å². The number of primary amides is 1. The topological polar surface area (TPSA) is 110 Å². The molecule has 3 aromatic heterocycles. The van der Waals surface area contributed by atoms with E-state index in [0.29, 0.717) is 18.9 Å². The molecule has 0 atom stereocenters. The van der Waals surface area contributed by atoms with Crippen LogP contribution in [0.5, 0.6) is 0 Å². The first-order valence-corrected chi connectivity index (χ1v) is 7.66. The van der Waals surface area contributed by atoms with Crippen molar-refractivity contribution in [2.75, 3.05) is 31.2 Å². The van der Waals surface area contributed by atoms with Crippen molar-refractivity contribution in [1.29, 1.82) is 0 Å². The number of nitrogens with one attached hydrogen (secondary N) is 1. The molecule has 0 unspecified atom stereocenters. The number of anilines is 1.